The zero-order valence-corrected chi connectivity index (χ0v) is 11.6. The number of ether oxygens (including phenoxy) is 1. The zero-order valence-electron chi connectivity index (χ0n) is 11.6. The van der Waals surface area contributed by atoms with Crippen LogP contribution in [0.3, 0.4) is 0 Å². The third-order valence-corrected chi connectivity index (χ3v) is 3.38. The normalized spacial score (nSPS) is 15.1. The molecule has 0 aromatic carbocycles. The fourth-order valence-corrected chi connectivity index (χ4v) is 2.29. The summed E-state index contributed by atoms with van der Waals surface area (Å²) in [6, 6.07) is 0.620. The second-order valence-corrected chi connectivity index (χ2v) is 4.96. The van der Waals surface area contributed by atoms with Crippen molar-refractivity contribution in [3.05, 3.63) is 5.69 Å². The molecule has 1 heterocycles. The molecule has 5 nitrogen and oxygen atoms in total. The molecule has 1 aliphatic rings. The third kappa shape index (κ3) is 2.61. The zero-order chi connectivity index (χ0) is 13.1. The van der Waals surface area contributed by atoms with E-state index in [0.29, 0.717) is 6.04 Å². The molecule has 0 aliphatic heterocycles. The van der Waals surface area contributed by atoms with Crippen LogP contribution in [0.15, 0.2) is 0 Å². The van der Waals surface area contributed by atoms with Crippen LogP contribution in [-0.4, -0.2) is 36.1 Å². The lowest BCUT2D eigenvalue weighted by Crippen LogP contribution is -2.32. The van der Waals surface area contributed by atoms with E-state index >= 15 is 0 Å². The number of hydrogen-bond donors (Lipinski definition) is 1. The number of aryl methyl sites for hydroxylation is 2. The van der Waals surface area contributed by atoms with Gasteiger partial charge < -0.3 is 15.4 Å². The van der Waals surface area contributed by atoms with Gasteiger partial charge in [0.2, 0.25) is 0 Å². The molecule has 0 unspecified atom stereocenters. The summed E-state index contributed by atoms with van der Waals surface area (Å²) in [5.74, 6) is 1.09. The molecular formula is C13H24N4O. The molecule has 0 amide bonds. The van der Waals surface area contributed by atoms with E-state index in [1.54, 1.807) is 7.11 Å². The molecule has 1 fully saturated rings. The Balaban J connectivity index is 2.26. The van der Waals surface area contributed by atoms with Gasteiger partial charge in [-0.2, -0.15) is 5.10 Å². The molecule has 0 bridgehead atoms. The van der Waals surface area contributed by atoms with Crippen molar-refractivity contribution in [1.29, 1.82) is 0 Å². The first-order valence-corrected chi connectivity index (χ1v) is 6.77. The topological polar surface area (TPSA) is 56.3 Å². The monoisotopic (exact) mass is 252 g/mol. The molecule has 0 atom stereocenters. The van der Waals surface area contributed by atoms with Gasteiger partial charge in [-0.1, -0.05) is 6.92 Å². The molecule has 1 saturated carbocycles. The van der Waals surface area contributed by atoms with E-state index in [1.807, 2.05) is 6.92 Å². The fourth-order valence-electron chi connectivity index (χ4n) is 2.29. The van der Waals surface area contributed by atoms with Gasteiger partial charge in [0.25, 0.3) is 0 Å². The molecule has 18 heavy (non-hydrogen) atoms. The first kappa shape index (κ1) is 13.2. The largest absolute Gasteiger partial charge is 0.394 e. The van der Waals surface area contributed by atoms with Crippen molar-refractivity contribution in [3.63, 3.8) is 0 Å². The average molecular weight is 252 g/mol. The third-order valence-electron chi connectivity index (χ3n) is 3.38. The number of nitrogens with zero attached hydrogens (tertiary/aromatic N) is 3. The average Bonchev–Trinajstić information content (AvgIpc) is 3.13. The summed E-state index contributed by atoms with van der Waals surface area (Å²) < 4.78 is 7.26. The molecular weight excluding hydrogens is 228 g/mol. The molecule has 1 aliphatic carbocycles. The van der Waals surface area contributed by atoms with Crippen LogP contribution in [-0.2, 0) is 11.3 Å². The highest BCUT2D eigenvalue weighted by Gasteiger charge is 2.32. The molecule has 0 saturated heterocycles. The molecule has 2 rings (SSSR count). The number of nitrogen functional groups attached to an aromatic ring is 1. The summed E-state index contributed by atoms with van der Waals surface area (Å²) in [5, 5.41) is 4.55. The number of aromatic nitrogens is 2. The minimum atomic E-state index is 0.620. The maximum atomic E-state index is 6.21. The van der Waals surface area contributed by atoms with Crippen molar-refractivity contribution >= 4 is 11.5 Å². The highest BCUT2D eigenvalue weighted by Crippen LogP contribution is 2.36. The van der Waals surface area contributed by atoms with Crippen LogP contribution in [0.5, 0.6) is 0 Å². The molecule has 2 N–H and O–H groups in total. The first-order valence-electron chi connectivity index (χ1n) is 6.77. The molecule has 5 heteroatoms. The highest BCUT2D eigenvalue weighted by molar-refractivity contribution is 5.67. The second-order valence-electron chi connectivity index (χ2n) is 4.96. The number of methoxy groups -OCH3 is 1. The van der Waals surface area contributed by atoms with Gasteiger partial charge in [-0.05, 0) is 26.2 Å². The Labute approximate surface area is 109 Å². The Bertz CT molecular complexity index is 398. The van der Waals surface area contributed by atoms with Crippen molar-refractivity contribution in [2.24, 2.45) is 0 Å². The van der Waals surface area contributed by atoms with Gasteiger partial charge in [0, 0.05) is 26.2 Å². The minimum Gasteiger partial charge on any atom is -0.394 e. The lowest BCUT2D eigenvalue weighted by Gasteiger charge is -2.25. The Morgan fingerprint density at radius 3 is 2.78 bits per heavy atom. The fraction of sp³-hybridized carbons (Fsp3) is 0.769. The lowest BCUT2D eigenvalue weighted by molar-refractivity contribution is 0.204. The molecule has 0 radical (unpaired) electrons. The smallest absolute Gasteiger partial charge is 0.150 e. The van der Waals surface area contributed by atoms with E-state index in [4.69, 9.17) is 10.5 Å². The van der Waals surface area contributed by atoms with Crippen molar-refractivity contribution in [1.82, 2.24) is 9.78 Å². The maximum absolute atomic E-state index is 6.21. The van der Waals surface area contributed by atoms with E-state index in [2.05, 4.69) is 21.6 Å². The van der Waals surface area contributed by atoms with Crippen molar-refractivity contribution in [2.75, 3.05) is 30.9 Å². The number of anilines is 2. The van der Waals surface area contributed by atoms with Gasteiger partial charge in [-0.25, -0.2) is 4.68 Å². The molecule has 0 spiro atoms. The Kier molecular flexibility index (Phi) is 4.11. The summed E-state index contributed by atoms with van der Waals surface area (Å²) in [7, 11) is 1.74. The SMILES string of the molecule is CCCn1nc(C)c(N)c1N(CCOC)C1CC1. The van der Waals surface area contributed by atoms with Gasteiger partial charge in [0.05, 0.1) is 18.0 Å². The van der Waals surface area contributed by atoms with Crippen LogP contribution in [0.25, 0.3) is 0 Å². The minimum absolute atomic E-state index is 0.620. The van der Waals surface area contributed by atoms with Crippen LogP contribution in [0, 0.1) is 6.92 Å². The Morgan fingerprint density at radius 1 is 1.50 bits per heavy atom. The van der Waals surface area contributed by atoms with Crippen molar-refractivity contribution in [3.8, 4) is 0 Å². The molecule has 1 aromatic heterocycles. The van der Waals surface area contributed by atoms with Crippen LogP contribution < -0.4 is 10.6 Å². The summed E-state index contributed by atoms with van der Waals surface area (Å²) >= 11 is 0. The molecule has 1 aromatic rings. The van der Waals surface area contributed by atoms with E-state index in [9.17, 15) is 0 Å². The van der Waals surface area contributed by atoms with E-state index < -0.39 is 0 Å². The van der Waals surface area contributed by atoms with Gasteiger partial charge >= 0.3 is 0 Å². The predicted molar refractivity (Wildman–Crippen MR) is 73.9 cm³/mol. The summed E-state index contributed by atoms with van der Waals surface area (Å²) in [6.07, 6.45) is 3.56. The Morgan fingerprint density at radius 2 is 2.22 bits per heavy atom. The summed E-state index contributed by atoms with van der Waals surface area (Å²) in [4.78, 5) is 2.37. The van der Waals surface area contributed by atoms with Gasteiger partial charge in [0.1, 0.15) is 0 Å². The van der Waals surface area contributed by atoms with Crippen LogP contribution >= 0.6 is 0 Å². The summed E-state index contributed by atoms with van der Waals surface area (Å²) in [6.45, 7) is 6.68. The Hall–Kier alpha value is -1.23. The van der Waals surface area contributed by atoms with Gasteiger partial charge in [0.15, 0.2) is 5.82 Å². The number of nitrogens with two attached hydrogens (primary N) is 1. The lowest BCUT2D eigenvalue weighted by atomic mass is 10.3. The second kappa shape index (κ2) is 5.61. The van der Waals surface area contributed by atoms with Gasteiger partial charge in [-0.3, -0.25) is 0 Å². The maximum Gasteiger partial charge on any atom is 0.150 e. The predicted octanol–water partition coefficient (Wildman–Crippen LogP) is 1.80. The standard InChI is InChI=1S/C13H24N4O/c1-4-7-17-13(12(14)10(2)15-17)16(8-9-18-3)11-5-6-11/h11H,4-9,14H2,1-3H3. The van der Waals surface area contributed by atoms with Crippen LogP contribution in [0.1, 0.15) is 31.9 Å². The van der Waals surface area contributed by atoms with E-state index in [0.717, 1.165) is 43.3 Å². The van der Waals surface area contributed by atoms with Crippen molar-refractivity contribution < 1.29 is 4.74 Å². The van der Waals surface area contributed by atoms with Crippen molar-refractivity contribution in [2.45, 2.75) is 45.7 Å². The van der Waals surface area contributed by atoms with E-state index in [1.165, 1.54) is 12.8 Å². The summed E-state index contributed by atoms with van der Waals surface area (Å²) in [5.41, 5.74) is 7.96. The number of rotatable bonds is 7. The number of hydrogen-bond acceptors (Lipinski definition) is 4. The van der Waals surface area contributed by atoms with Gasteiger partial charge in [-0.15, -0.1) is 0 Å². The van der Waals surface area contributed by atoms with Crippen LogP contribution in [0.2, 0.25) is 0 Å². The molecule has 102 valence electrons. The van der Waals surface area contributed by atoms with E-state index in [-0.39, 0.29) is 0 Å². The first-order chi connectivity index (χ1) is 8.69. The quantitative estimate of drug-likeness (QED) is 0.804. The highest BCUT2D eigenvalue weighted by atomic mass is 16.5. The van der Waals surface area contributed by atoms with Crippen LogP contribution in [0.4, 0.5) is 11.5 Å².